The van der Waals surface area contributed by atoms with Gasteiger partial charge in [-0.25, -0.2) is 16.8 Å². The van der Waals surface area contributed by atoms with E-state index in [-0.39, 0.29) is 21.6 Å². The maximum absolute atomic E-state index is 13.1. The van der Waals surface area contributed by atoms with E-state index >= 15 is 0 Å². The molecule has 0 heterocycles. The molecule has 0 saturated carbocycles. The van der Waals surface area contributed by atoms with Crippen LogP contribution in [0.4, 0.5) is 0 Å². The first-order chi connectivity index (χ1) is 11.7. The van der Waals surface area contributed by atoms with E-state index in [1.165, 1.54) is 24.3 Å². The average molecular weight is 376 g/mol. The third kappa shape index (κ3) is 3.41. The highest BCUT2D eigenvalue weighted by Crippen LogP contribution is 2.47. The highest BCUT2D eigenvalue weighted by molar-refractivity contribution is 8.09. The van der Waals surface area contributed by atoms with Crippen LogP contribution in [0.2, 0.25) is 0 Å². The molecular weight excluding hydrogens is 356 g/mol. The summed E-state index contributed by atoms with van der Waals surface area (Å²) in [6.45, 7) is 3.90. The molecule has 0 aliphatic heterocycles. The highest BCUT2D eigenvalue weighted by atomic mass is 32.3. The van der Waals surface area contributed by atoms with Crippen LogP contribution in [-0.4, -0.2) is 21.4 Å². The van der Waals surface area contributed by atoms with Crippen molar-refractivity contribution in [2.75, 3.05) is 0 Å². The minimum absolute atomic E-state index is 0.0124. The first-order valence-electron chi connectivity index (χ1n) is 7.96. The van der Waals surface area contributed by atoms with Crippen LogP contribution in [0.1, 0.15) is 20.3 Å². The summed E-state index contributed by atoms with van der Waals surface area (Å²) in [5, 5.41) is 0. The number of sulfone groups is 2. The van der Waals surface area contributed by atoms with Crippen molar-refractivity contribution in [3.63, 3.8) is 0 Å². The smallest absolute Gasteiger partial charge is 0.196 e. The van der Waals surface area contributed by atoms with Crippen LogP contribution < -0.4 is 0 Å². The molecule has 3 rings (SSSR count). The van der Waals surface area contributed by atoms with Gasteiger partial charge in [-0.05, 0) is 24.3 Å². The van der Waals surface area contributed by atoms with E-state index in [1.807, 2.05) is 19.9 Å². The first kappa shape index (κ1) is 17.9. The quantitative estimate of drug-likeness (QED) is 0.722. The fourth-order valence-corrected chi connectivity index (χ4v) is 7.29. The van der Waals surface area contributed by atoms with Crippen LogP contribution in [-0.2, 0) is 19.7 Å². The van der Waals surface area contributed by atoms with Crippen LogP contribution in [0.15, 0.2) is 82.1 Å². The number of benzene rings is 2. The van der Waals surface area contributed by atoms with Crippen molar-refractivity contribution >= 4 is 19.7 Å². The number of hydrogen-bond acceptors (Lipinski definition) is 4. The SMILES string of the molecule is CC1(C)C=C1CC(S(=O)(=O)c1ccccc1)S(=O)(=O)c1ccccc1. The van der Waals surface area contributed by atoms with Crippen molar-refractivity contribution in [3.8, 4) is 0 Å². The Morgan fingerprint density at radius 3 is 1.44 bits per heavy atom. The Labute approximate surface area is 149 Å². The predicted octanol–water partition coefficient (Wildman–Crippen LogP) is 3.62. The van der Waals surface area contributed by atoms with Crippen LogP contribution >= 0.6 is 0 Å². The van der Waals surface area contributed by atoms with E-state index in [1.54, 1.807) is 36.4 Å². The Kier molecular flexibility index (Phi) is 4.37. The number of allylic oxidation sites excluding steroid dienone is 2. The zero-order valence-corrected chi connectivity index (χ0v) is 15.7. The standard InChI is InChI=1S/C19H20O4S2/c1-19(2)14-15(19)13-18(24(20,21)16-9-5-3-6-10-16)25(22,23)17-11-7-4-8-12-17/h3-12,14,18H,13H2,1-2H3. The Bertz CT molecular complexity index is 934. The molecule has 6 heteroatoms. The molecule has 0 fully saturated rings. The largest absolute Gasteiger partial charge is 0.222 e. The van der Waals surface area contributed by atoms with E-state index in [0.717, 1.165) is 5.57 Å². The molecule has 0 bridgehead atoms. The summed E-state index contributed by atoms with van der Waals surface area (Å²) in [6, 6.07) is 15.5. The lowest BCUT2D eigenvalue weighted by Gasteiger charge is -2.19. The van der Waals surface area contributed by atoms with Gasteiger partial charge in [0, 0.05) is 11.8 Å². The van der Waals surface area contributed by atoms with E-state index in [2.05, 4.69) is 0 Å². The molecule has 1 aliphatic rings. The Morgan fingerprint density at radius 2 is 1.12 bits per heavy atom. The fourth-order valence-electron chi connectivity index (χ4n) is 2.81. The second kappa shape index (κ2) is 6.11. The monoisotopic (exact) mass is 376 g/mol. The average Bonchev–Trinajstić information content (AvgIpc) is 3.20. The second-order valence-corrected chi connectivity index (χ2v) is 11.3. The van der Waals surface area contributed by atoms with E-state index in [9.17, 15) is 16.8 Å². The molecule has 132 valence electrons. The molecule has 1 aliphatic carbocycles. The predicted molar refractivity (Wildman–Crippen MR) is 97.5 cm³/mol. The van der Waals surface area contributed by atoms with Crippen molar-refractivity contribution in [2.24, 2.45) is 5.41 Å². The van der Waals surface area contributed by atoms with E-state index in [4.69, 9.17) is 0 Å². The second-order valence-electron chi connectivity index (χ2n) is 6.74. The minimum Gasteiger partial charge on any atom is -0.222 e. The third-order valence-electron chi connectivity index (χ3n) is 4.50. The van der Waals surface area contributed by atoms with Gasteiger partial charge in [-0.3, -0.25) is 0 Å². The van der Waals surface area contributed by atoms with Gasteiger partial charge < -0.3 is 0 Å². The van der Waals surface area contributed by atoms with Crippen molar-refractivity contribution in [1.82, 2.24) is 0 Å². The molecule has 2 aromatic rings. The Hall–Kier alpha value is -1.92. The molecule has 0 N–H and O–H groups in total. The van der Waals surface area contributed by atoms with Gasteiger partial charge in [0.1, 0.15) is 0 Å². The summed E-state index contributed by atoms with van der Waals surface area (Å²) in [6.07, 6.45) is 1.91. The summed E-state index contributed by atoms with van der Waals surface area (Å²) >= 11 is 0. The maximum atomic E-state index is 13.1. The van der Waals surface area contributed by atoms with Gasteiger partial charge in [0.05, 0.1) is 9.79 Å². The lowest BCUT2D eigenvalue weighted by Crippen LogP contribution is -2.31. The molecule has 0 spiro atoms. The van der Waals surface area contributed by atoms with Crippen molar-refractivity contribution in [2.45, 2.75) is 34.6 Å². The molecule has 0 atom stereocenters. The zero-order chi connectivity index (χ0) is 18.3. The molecule has 0 amide bonds. The number of hydrogen-bond donors (Lipinski definition) is 0. The maximum Gasteiger partial charge on any atom is 0.196 e. The van der Waals surface area contributed by atoms with Gasteiger partial charge in [-0.15, -0.1) is 0 Å². The summed E-state index contributed by atoms with van der Waals surface area (Å²) in [7, 11) is -8.08. The summed E-state index contributed by atoms with van der Waals surface area (Å²) in [4.78, 5) is 0.0529. The van der Waals surface area contributed by atoms with Crippen LogP contribution in [0.3, 0.4) is 0 Å². The molecule has 0 aromatic heterocycles. The van der Waals surface area contributed by atoms with Gasteiger partial charge in [0.2, 0.25) is 0 Å². The van der Waals surface area contributed by atoms with Crippen molar-refractivity contribution < 1.29 is 16.8 Å². The summed E-state index contributed by atoms with van der Waals surface area (Å²) in [5.41, 5.74) is 0.646. The third-order valence-corrected chi connectivity index (χ3v) is 9.60. The fraction of sp³-hybridized carbons (Fsp3) is 0.263. The lowest BCUT2D eigenvalue weighted by atomic mass is 10.1. The Balaban J connectivity index is 2.10. The van der Waals surface area contributed by atoms with Crippen LogP contribution in [0, 0.1) is 5.41 Å². The first-order valence-corrected chi connectivity index (χ1v) is 11.0. The van der Waals surface area contributed by atoms with Crippen LogP contribution in [0.5, 0.6) is 0 Å². The molecule has 25 heavy (non-hydrogen) atoms. The van der Waals surface area contributed by atoms with Gasteiger partial charge >= 0.3 is 0 Å². The molecule has 0 radical (unpaired) electrons. The molecule has 0 saturated heterocycles. The van der Waals surface area contributed by atoms with E-state index < -0.39 is 24.3 Å². The minimum atomic E-state index is -4.04. The normalized spacial score (nSPS) is 16.5. The van der Waals surface area contributed by atoms with Gasteiger partial charge in [-0.2, -0.15) is 0 Å². The molecule has 0 unspecified atom stereocenters. The van der Waals surface area contributed by atoms with Crippen molar-refractivity contribution in [3.05, 3.63) is 72.3 Å². The van der Waals surface area contributed by atoms with Gasteiger partial charge in [0.25, 0.3) is 0 Å². The van der Waals surface area contributed by atoms with E-state index in [0.29, 0.717) is 0 Å². The van der Waals surface area contributed by atoms with Gasteiger partial charge in [-0.1, -0.05) is 61.9 Å². The molecule has 4 nitrogen and oxygen atoms in total. The van der Waals surface area contributed by atoms with Crippen LogP contribution in [0.25, 0.3) is 0 Å². The lowest BCUT2D eigenvalue weighted by molar-refractivity contribution is 0.569. The number of rotatable bonds is 6. The topological polar surface area (TPSA) is 68.3 Å². The molecular formula is C19H20O4S2. The Morgan fingerprint density at radius 1 is 0.760 bits per heavy atom. The zero-order valence-electron chi connectivity index (χ0n) is 14.1. The van der Waals surface area contributed by atoms with Gasteiger partial charge in [0.15, 0.2) is 24.3 Å². The summed E-state index contributed by atoms with van der Waals surface area (Å²) in [5.74, 6) is 0. The molecule has 2 aromatic carbocycles. The summed E-state index contributed by atoms with van der Waals surface area (Å²) < 4.78 is 51.0. The van der Waals surface area contributed by atoms with Crippen molar-refractivity contribution in [1.29, 1.82) is 0 Å². The highest BCUT2D eigenvalue weighted by Gasteiger charge is 2.45.